The Bertz CT molecular complexity index is 645. The van der Waals surface area contributed by atoms with Crippen molar-refractivity contribution in [2.45, 2.75) is 13.8 Å². The average molecular weight is 355 g/mol. The highest BCUT2D eigenvalue weighted by atomic mass is 79.9. The van der Waals surface area contributed by atoms with Crippen LogP contribution < -0.4 is 5.32 Å². The van der Waals surface area contributed by atoms with Crippen LogP contribution in [0, 0.1) is 6.92 Å². The van der Waals surface area contributed by atoms with Gasteiger partial charge in [-0.15, -0.1) is 0 Å². The van der Waals surface area contributed by atoms with Gasteiger partial charge in [-0.05, 0) is 30.7 Å². The molecule has 0 radical (unpaired) electrons. The van der Waals surface area contributed by atoms with Crippen molar-refractivity contribution in [2.75, 3.05) is 5.32 Å². The van der Waals surface area contributed by atoms with Crippen LogP contribution in [0.4, 0.5) is 10.8 Å². The number of anilines is 2. The van der Waals surface area contributed by atoms with Crippen LogP contribution in [0.3, 0.4) is 0 Å². The SMILES string of the molecule is CC(=O)c1sc(Nc2cc(C)cc(Br)c2)nc1C(=O)O. The van der Waals surface area contributed by atoms with Crippen LogP contribution in [-0.4, -0.2) is 21.8 Å². The highest BCUT2D eigenvalue weighted by Gasteiger charge is 2.20. The average Bonchev–Trinajstić information content (AvgIpc) is 2.71. The fourth-order valence-corrected chi connectivity index (χ4v) is 3.17. The number of nitrogens with zero attached hydrogens (tertiary/aromatic N) is 1. The summed E-state index contributed by atoms with van der Waals surface area (Å²) in [6, 6.07) is 5.71. The molecule has 0 bridgehead atoms. The van der Waals surface area contributed by atoms with Gasteiger partial charge in [-0.2, -0.15) is 0 Å². The van der Waals surface area contributed by atoms with Crippen molar-refractivity contribution >= 4 is 49.8 Å². The number of thiazole rings is 1. The van der Waals surface area contributed by atoms with Crippen molar-refractivity contribution in [3.63, 3.8) is 0 Å². The quantitative estimate of drug-likeness (QED) is 0.815. The Labute approximate surface area is 127 Å². The van der Waals surface area contributed by atoms with E-state index in [4.69, 9.17) is 5.11 Å². The van der Waals surface area contributed by atoms with E-state index in [0.717, 1.165) is 27.1 Å². The maximum atomic E-state index is 11.4. The number of hydrogen-bond donors (Lipinski definition) is 2. The standard InChI is InChI=1S/C13H11BrN2O3S/c1-6-3-8(14)5-9(4-6)15-13-16-10(12(18)19)11(20-13)7(2)17/h3-5H,1-2H3,(H,15,16)(H,18,19). The Hall–Kier alpha value is -1.73. The number of halogens is 1. The number of carbonyl (C=O) groups is 2. The molecule has 0 saturated carbocycles. The number of Topliss-reactive ketones (excluding diaryl/α,β-unsaturated/α-hetero) is 1. The maximum Gasteiger partial charge on any atom is 0.356 e. The molecule has 2 rings (SSSR count). The van der Waals surface area contributed by atoms with E-state index in [2.05, 4.69) is 26.2 Å². The van der Waals surface area contributed by atoms with Crippen LogP contribution in [0.25, 0.3) is 0 Å². The number of ketones is 1. The zero-order valence-electron chi connectivity index (χ0n) is 10.7. The smallest absolute Gasteiger partial charge is 0.356 e. The summed E-state index contributed by atoms with van der Waals surface area (Å²) in [5.74, 6) is -1.51. The first-order chi connectivity index (χ1) is 9.36. The third-order valence-electron chi connectivity index (χ3n) is 2.44. The molecule has 0 spiro atoms. The predicted octanol–water partition coefficient (Wildman–Crippen LogP) is 3.86. The lowest BCUT2D eigenvalue weighted by atomic mass is 10.2. The highest BCUT2D eigenvalue weighted by molar-refractivity contribution is 9.10. The topological polar surface area (TPSA) is 79.3 Å². The number of carbonyl (C=O) groups excluding carboxylic acids is 1. The summed E-state index contributed by atoms with van der Waals surface area (Å²) >= 11 is 4.42. The largest absolute Gasteiger partial charge is 0.476 e. The van der Waals surface area contributed by atoms with Gasteiger partial charge in [0, 0.05) is 17.1 Å². The first-order valence-electron chi connectivity index (χ1n) is 5.66. The van der Waals surface area contributed by atoms with Gasteiger partial charge in [0.2, 0.25) is 0 Å². The highest BCUT2D eigenvalue weighted by Crippen LogP contribution is 2.28. The molecular weight excluding hydrogens is 344 g/mol. The number of rotatable bonds is 4. The Kier molecular flexibility index (Phi) is 4.20. The molecule has 7 heteroatoms. The van der Waals surface area contributed by atoms with Gasteiger partial charge in [0.25, 0.3) is 0 Å². The van der Waals surface area contributed by atoms with E-state index < -0.39 is 5.97 Å². The van der Waals surface area contributed by atoms with Gasteiger partial charge in [-0.1, -0.05) is 27.3 Å². The third kappa shape index (κ3) is 3.23. The molecule has 1 heterocycles. The molecule has 5 nitrogen and oxygen atoms in total. The first-order valence-corrected chi connectivity index (χ1v) is 7.27. The fourth-order valence-electron chi connectivity index (χ4n) is 1.69. The van der Waals surface area contributed by atoms with E-state index in [9.17, 15) is 9.59 Å². The summed E-state index contributed by atoms with van der Waals surface area (Å²) in [4.78, 5) is 26.6. The summed E-state index contributed by atoms with van der Waals surface area (Å²) in [6.45, 7) is 3.27. The van der Waals surface area contributed by atoms with E-state index in [1.807, 2.05) is 25.1 Å². The summed E-state index contributed by atoms with van der Waals surface area (Å²) in [5, 5.41) is 12.4. The minimum absolute atomic E-state index is 0.145. The van der Waals surface area contributed by atoms with Gasteiger partial charge in [-0.25, -0.2) is 9.78 Å². The van der Waals surface area contributed by atoms with Gasteiger partial charge < -0.3 is 10.4 Å². The van der Waals surface area contributed by atoms with Crippen molar-refractivity contribution in [2.24, 2.45) is 0 Å². The Balaban J connectivity index is 2.36. The predicted molar refractivity (Wildman–Crippen MR) is 81.2 cm³/mol. The second kappa shape index (κ2) is 5.72. The Morgan fingerprint density at radius 3 is 2.55 bits per heavy atom. The maximum absolute atomic E-state index is 11.4. The number of carboxylic acid groups (broad SMARTS) is 1. The van der Waals surface area contributed by atoms with Gasteiger partial charge >= 0.3 is 5.97 Å². The molecule has 0 aliphatic rings. The number of carboxylic acids is 1. The van der Waals surface area contributed by atoms with Crippen molar-refractivity contribution < 1.29 is 14.7 Å². The normalized spacial score (nSPS) is 10.3. The van der Waals surface area contributed by atoms with Gasteiger partial charge in [0.1, 0.15) is 4.88 Å². The zero-order chi connectivity index (χ0) is 14.9. The lowest BCUT2D eigenvalue weighted by Crippen LogP contribution is -2.03. The van der Waals surface area contributed by atoms with E-state index in [0.29, 0.717) is 5.13 Å². The molecule has 2 N–H and O–H groups in total. The van der Waals surface area contributed by atoms with Crippen LogP contribution in [0.1, 0.15) is 32.6 Å². The molecule has 2 aromatic rings. The van der Waals surface area contributed by atoms with Gasteiger partial charge in [-0.3, -0.25) is 4.79 Å². The Morgan fingerprint density at radius 2 is 2.05 bits per heavy atom. The lowest BCUT2D eigenvalue weighted by Gasteiger charge is -2.04. The molecule has 0 unspecified atom stereocenters. The van der Waals surface area contributed by atoms with Crippen LogP contribution >= 0.6 is 27.3 Å². The van der Waals surface area contributed by atoms with E-state index in [1.54, 1.807) is 0 Å². The van der Waals surface area contributed by atoms with E-state index >= 15 is 0 Å². The second-order valence-electron chi connectivity index (χ2n) is 4.20. The number of aryl methyl sites for hydroxylation is 1. The zero-order valence-corrected chi connectivity index (χ0v) is 13.1. The van der Waals surface area contributed by atoms with Crippen molar-refractivity contribution in [1.82, 2.24) is 4.98 Å². The lowest BCUT2D eigenvalue weighted by molar-refractivity contribution is 0.0687. The van der Waals surface area contributed by atoms with E-state index in [1.165, 1.54) is 6.92 Å². The van der Waals surface area contributed by atoms with Crippen molar-refractivity contribution in [1.29, 1.82) is 0 Å². The number of aromatic carboxylic acids is 1. The molecule has 0 saturated heterocycles. The van der Waals surface area contributed by atoms with Crippen LogP contribution in [0.5, 0.6) is 0 Å². The van der Waals surface area contributed by atoms with E-state index in [-0.39, 0.29) is 16.4 Å². The van der Waals surface area contributed by atoms with Gasteiger partial charge in [0.15, 0.2) is 16.6 Å². The number of nitrogens with one attached hydrogen (secondary N) is 1. The Morgan fingerprint density at radius 1 is 1.35 bits per heavy atom. The first kappa shape index (κ1) is 14.7. The van der Waals surface area contributed by atoms with Gasteiger partial charge in [0.05, 0.1) is 0 Å². The molecule has 104 valence electrons. The number of hydrogen-bond acceptors (Lipinski definition) is 5. The van der Waals surface area contributed by atoms with Crippen LogP contribution in [0.15, 0.2) is 22.7 Å². The minimum Gasteiger partial charge on any atom is -0.476 e. The summed E-state index contributed by atoms with van der Waals surface area (Å²) in [6.07, 6.45) is 0. The third-order valence-corrected chi connectivity index (χ3v) is 3.97. The number of aromatic nitrogens is 1. The summed E-state index contributed by atoms with van der Waals surface area (Å²) < 4.78 is 0.904. The van der Waals surface area contributed by atoms with Crippen LogP contribution in [0.2, 0.25) is 0 Å². The monoisotopic (exact) mass is 354 g/mol. The summed E-state index contributed by atoms with van der Waals surface area (Å²) in [5.41, 5.74) is 1.61. The molecule has 20 heavy (non-hydrogen) atoms. The molecule has 1 aromatic carbocycles. The molecule has 0 atom stereocenters. The number of benzene rings is 1. The molecule has 1 aromatic heterocycles. The fraction of sp³-hybridized carbons (Fsp3) is 0.154. The summed E-state index contributed by atoms with van der Waals surface area (Å²) in [7, 11) is 0. The molecule has 0 amide bonds. The second-order valence-corrected chi connectivity index (χ2v) is 6.12. The molecular formula is C13H11BrN2O3S. The molecule has 0 fully saturated rings. The van der Waals surface area contributed by atoms with Crippen LogP contribution in [-0.2, 0) is 0 Å². The molecule has 0 aliphatic carbocycles. The minimum atomic E-state index is -1.20. The van der Waals surface area contributed by atoms with Crippen molar-refractivity contribution in [3.8, 4) is 0 Å². The van der Waals surface area contributed by atoms with Crippen molar-refractivity contribution in [3.05, 3.63) is 38.8 Å². The molecule has 0 aliphatic heterocycles.